The normalized spacial score (nSPS) is 11.5. The Morgan fingerprint density at radius 2 is 1.23 bits per heavy atom. The molecule has 0 radical (unpaired) electrons. The summed E-state index contributed by atoms with van der Waals surface area (Å²) in [7, 11) is 0. The first-order valence-electron chi connectivity index (χ1n) is 13.5. The highest BCUT2D eigenvalue weighted by Crippen LogP contribution is 2.43. The van der Waals surface area contributed by atoms with Crippen molar-refractivity contribution in [2.45, 2.75) is 0 Å². The molecule has 8 aromatic rings. The van der Waals surface area contributed by atoms with Crippen molar-refractivity contribution in [1.29, 1.82) is 0 Å². The molecule has 0 spiro atoms. The van der Waals surface area contributed by atoms with Gasteiger partial charge >= 0.3 is 0 Å². The van der Waals surface area contributed by atoms with E-state index in [1.807, 2.05) is 18.2 Å². The van der Waals surface area contributed by atoms with Crippen molar-refractivity contribution in [3.8, 4) is 11.1 Å². The molecule has 0 aliphatic rings. The summed E-state index contributed by atoms with van der Waals surface area (Å²) in [4.78, 5) is 6.82. The van der Waals surface area contributed by atoms with Gasteiger partial charge in [0.05, 0.1) is 16.5 Å². The molecule has 2 aromatic heterocycles. The average molecular weight is 513 g/mol. The number of fused-ring (bicyclic) bond motifs is 6. The van der Waals surface area contributed by atoms with Gasteiger partial charge < -0.3 is 9.32 Å². The summed E-state index contributed by atoms with van der Waals surface area (Å²) < 4.78 is 6.17. The Labute approximate surface area is 231 Å². The standard InChI is InChI=1S/C37H24N2O/c1-2-8-25(9-3-1)26-17-19-29(20-18-26)39(34-13-6-14-35-36(34)33-12-7-23-38-37(33)40-35)30-21-22-32-28(24-30)16-15-27-10-4-5-11-31(27)32/h1-24H. The van der Waals surface area contributed by atoms with Gasteiger partial charge in [0.15, 0.2) is 0 Å². The minimum absolute atomic E-state index is 0.648. The van der Waals surface area contributed by atoms with Crippen LogP contribution in [-0.2, 0) is 0 Å². The third-order valence-electron chi connectivity index (χ3n) is 7.71. The lowest BCUT2D eigenvalue weighted by atomic mass is 10.0. The number of rotatable bonds is 4. The molecule has 2 heterocycles. The lowest BCUT2D eigenvalue weighted by molar-refractivity contribution is 0.654. The van der Waals surface area contributed by atoms with Gasteiger partial charge in [-0.15, -0.1) is 0 Å². The number of aromatic nitrogens is 1. The first-order chi connectivity index (χ1) is 19.8. The zero-order valence-corrected chi connectivity index (χ0v) is 21.7. The fourth-order valence-corrected chi connectivity index (χ4v) is 5.83. The second-order valence-electron chi connectivity index (χ2n) is 10.0. The summed E-state index contributed by atoms with van der Waals surface area (Å²) in [5.41, 5.74) is 7.07. The second-order valence-corrected chi connectivity index (χ2v) is 10.0. The van der Waals surface area contributed by atoms with Crippen LogP contribution in [0.2, 0.25) is 0 Å². The van der Waals surface area contributed by atoms with E-state index in [1.54, 1.807) is 6.20 Å². The van der Waals surface area contributed by atoms with Gasteiger partial charge in [-0.1, -0.05) is 91.0 Å². The van der Waals surface area contributed by atoms with Gasteiger partial charge in [0, 0.05) is 17.6 Å². The van der Waals surface area contributed by atoms with Crippen LogP contribution in [0.4, 0.5) is 17.1 Å². The molecule has 0 saturated carbocycles. The number of hydrogen-bond donors (Lipinski definition) is 0. The topological polar surface area (TPSA) is 29.3 Å². The molecule has 8 rings (SSSR count). The number of anilines is 3. The molecular formula is C37H24N2O. The summed E-state index contributed by atoms with van der Waals surface area (Å²) in [5.74, 6) is 0. The van der Waals surface area contributed by atoms with Crippen LogP contribution in [0.15, 0.2) is 150 Å². The van der Waals surface area contributed by atoms with Crippen molar-refractivity contribution in [1.82, 2.24) is 4.98 Å². The minimum atomic E-state index is 0.648. The molecule has 0 unspecified atom stereocenters. The van der Waals surface area contributed by atoms with Gasteiger partial charge in [-0.3, -0.25) is 0 Å². The van der Waals surface area contributed by atoms with Crippen molar-refractivity contribution < 1.29 is 4.42 Å². The summed E-state index contributed by atoms with van der Waals surface area (Å²) in [6, 6.07) is 49.3. The van der Waals surface area contributed by atoms with Crippen molar-refractivity contribution in [2.75, 3.05) is 4.90 Å². The molecule has 0 aliphatic heterocycles. The van der Waals surface area contributed by atoms with Crippen molar-refractivity contribution >= 4 is 60.7 Å². The first kappa shape index (κ1) is 22.6. The predicted molar refractivity (Wildman–Crippen MR) is 167 cm³/mol. The van der Waals surface area contributed by atoms with Crippen molar-refractivity contribution in [2.24, 2.45) is 0 Å². The zero-order chi connectivity index (χ0) is 26.5. The lowest BCUT2D eigenvalue weighted by Crippen LogP contribution is -2.10. The van der Waals surface area contributed by atoms with Crippen LogP contribution in [-0.4, -0.2) is 4.98 Å². The fraction of sp³-hybridized carbons (Fsp3) is 0. The van der Waals surface area contributed by atoms with Gasteiger partial charge in [-0.2, -0.15) is 0 Å². The molecule has 6 aromatic carbocycles. The Kier molecular flexibility index (Phi) is 5.14. The van der Waals surface area contributed by atoms with Crippen LogP contribution in [0.1, 0.15) is 0 Å². The van der Waals surface area contributed by atoms with E-state index in [1.165, 1.54) is 32.7 Å². The maximum absolute atomic E-state index is 6.17. The summed E-state index contributed by atoms with van der Waals surface area (Å²) >= 11 is 0. The number of benzene rings is 6. The maximum atomic E-state index is 6.17. The second kappa shape index (κ2) is 9.11. The SMILES string of the molecule is c1ccc(-c2ccc(N(c3ccc4c(ccc5ccccc54)c3)c3cccc4oc5ncccc5c34)cc2)cc1. The highest BCUT2D eigenvalue weighted by molar-refractivity contribution is 6.13. The molecule has 188 valence electrons. The Balaban J connectivity index is 1.36. The highest BCUT2D eigenvalue weighted by Gasteiger charge is 2.20. The first-order valence-corrected chi connectivity index (χ1v) is 13.5. The molecule has 40 heavy (non-hydrogen) atoms. The molecule has 0 N–H and O–H groups in total. The molecule has 0 fully saturated rings. The van der Waals surface area contributed by atoms with E-state index < -0.39 is 0 Å². The van der Waals surface area contributed by atoms with Gasteiger partial charge in [0.2, 0.25) is 5.71 Å². The van der Waals surface area contributed by atoms with E-state index in [2.05, 4.69) is 131 Å². The quantitative estimate of drug-likeness (QED) is 0.220. The van der Waals surface area contributed by atoms with Crippen LogP contribution >= 0.6 is 0 Å². The minimum Gasteiger partial charge on any atom is -0.438 e. The molecule has 0 saturated heterocycles. The van der Waals surface area contributed by atoms with Crippen LogP contribution in [0.25, 0.3) is 54.7 Å². The van der Waals surface area contributed by atoms with E-state index in [4.69, 9.17) is 4.42 Å². The zero-order valence-electron chi connectivity index (χ0n) is 21.7. The van der Waals surface area contributed by atoms with Crippen molar-refractivity contribution in [3.63, 3.8) is 0 Å². The molecule has 0 bridgehead atoms. The molecule has 0 aliphatic carbocycles. The summed E-state index contributed by atoms with van der Waals surface area (Å²) in [6.07, 6.45) is 1.78. The Morgan fingerprint density at radius 3 is 2.12 bits per heavy atom. The number of pyridine rings is 1. The predicted octanol–water partition coefficient (Wildman–Crippen LogP) is 10.4. The smallest absolute Gasteiger partial charge is 0.227 e. The van der Waals surface area contributed by atoms with E-state index in [9.17, 15) is 0 Å². The summed E-state index contributed by atoms with van der Waals surface area (Å²) in [6.45, 7) is 0. The Hall–Kier alpha value is -5.41. The van der Waals surface area contributed by atoms with Gasteiger partial charge in [-0.05, 0) is 81.2 Å². The summed E-state index contributed by atoms with van der Waals surface area (Å²) in [5, 5.41) is 7.02. The van der Waals surface area contributed by atoms with E-state index in [0.29, 0.717) is 5.71 Å². The number of hydrogen-bond acceptors (Lipinski definition) is 3. The van der Waals surface area contributed by atoms with E-state index >= 15 is 0 Å². The molecular weight excluding hydrogens is 488 g/mol. The Bertz CT molecular complexity index is 2160. The number of nitrogens with zero attached hydrogens (tertiary/aromatic N) is 2. The fourth-order valence-electron chi connectivity index (χ4n) is 5.83. The van der Waals surface area contributed by atoms with E-state index in [-0.39, 0.29) is 0 Å². The van der Waals surface area contributed by atoms with E-state index in [0.717, 1.165) is 33.4 Å². The van der Waals surface area contributed by atoms with Crippen LogP contribution in [0.5, 0.6) is 0 Å². The van der Waals surface area contributed by atoms with Crippen LogP contribution < -0.4 is 4.90 Å². The third-order valence-corrected chi connectivity index (χ3v) is 7.71. The maximum Gasteiger partial charge on any atom is 0.227 e. The largest absolute Gasteiger partial charge is 0.438 e. The van der Waals surface area contributed by atoms with Crippen LogP contribution in [0, 0.1) is 0 Å². The highest BCUT2D eigenvalue weighted by atomic mass is 16.3. The molecule has 3 nitrogen and oxygen atoms in total. The van der Waals surface area contributed by atoms with Crippen molar-refractivity contribution in [3.05, 3.63) is 146 Å². The molecule has 0 atom stereocenters. The van der Waals surface area contributed by atoms with Gasteiger partial charge in [-0.25, -0.2) is 4.98 Å². The number of furan rings is 1. The van der Waals surface area contributed by atoms with Gasteiger partial charge in [0.1, 0.15) is 5.58 Å². The average Bonchev–Trinajstić information content (AvgIpc) is 3.41. The Morgan fingerprint density at radius 1 is 0.500 bits per heavy atom. The van der Waals surface area contributed by atoms with Gasteiger partial charge in [0.25, 0.3) is 0 Å². The molecule has 3 heteroatoms. The van der Waals surface area contributed by atoms with Crippen LogP contribution in [0.3, 0.4) is 0 Å². The third kappa shape index (κ3) is 3.63. The monoisotopic (exact) mass is 512 g/mol. The lowest BCUT2D eigenvalue weighted by Gasteiger charge is -2.27. The molecule has 0 amide bonds.